The second kappa shape index (κ2) is 10.3. The number of carbonyl (C=O) groups excluding carboxylic acids is 2. The van der Waals surface area contributed by atoms with E-state index in [4.69, 9.17) is 4.74 Å². The quantitative estimate of drug-likeness (QED) is 0.213. The van der Waals surface area contributed by atoms with Crippen LogP contribution in [0.25, 0.3) is 6.08 Å². The number of benzene rings is 3. The summed E-state index contributed by atoms with van der Waals surface area (Å²) in [5, 5.41) is -0.335. The van der Waals surface area contributed by atoms with E-state index in [1.807, 2.05) is 42.5 Å². The molecular formula is C24H16FI2NO3S. The molecule has 0 N–H and O–H groups in total. The lowest BCUT2D eigenvalue weighted by atomic mass is 10.2. The second-order valence-electron chi connectivity index (χ2n) is 7.00. The molecule has 32 heavy (non-hydrogen) atoms. The van der Waals surface area contributed by atoms with Crippen molar-refractivity contribution >= 4 is 74.2 Å². The van der Waals surface area contributed by atoms with Gasteiger partial charge in [0, 0.05) is 3.57 Å². The number of nitrogens with zero attached hydrogens (tertiary/aromatic N) is 1. The third kappa shape index (κ3) is 5.70. The van der Waals surface area contributed by atoms with Crippen molar-refractivity contribution in [1.29, 1.82) is 0 Å². The summed E-state index contributed by atoms with van der Waals surface area (Å²) < 4.78 is 21.1. The van der Waals surface area contributed by atoms with Crippen LogP contribution in [0.2, 0.25) is 0 Å². The average Bonchev–Trinajstić information content (AvgIpc) is 3.03. The van der Waals surface area contributed by atoms with E-state index in [1.165, 1.54) is 20.6 Å². The molecule has 2 amide bonds. The van der Waals surface area contributed by atoms with E-state index < -0.39 is 0 Å². The number of carbonyl (C=O) groups is 2. The highest BCUT2D eigenvalue weighted by molar-refractivity contribution is 14.1. The van der Waals surface area contributed by atoms with Crippen LogP contribution in [0.1, 0.15) is 16.7 Å². The number of thioether (sulfide) groups is 1. The van der Waals surface area contributed by atoms with E-state index in [0.717, 1.165) is 32.2 Å². The van der Waals surface area contributed by atoms with Crippen LogP contribution >= 0.6 is 56.9 Å². The van der Waals surface area contributed by atoms with Gasteiger partial charge in [0.25, 0.3) is 11.1 Å². The number of rotatable bonds is 6. The molecule has 0 atom stereocenters. The molecule has 3 aromatic carbocycles. The van der Waals surface area contributed by atoms with Gasteiger partial charge in [-0.15, -0.1) is 0 Å². The molecule has 0 aliphatic carbocycles. The topological polar surface area (TPSA) is 46.6 Å². The first-order valence-electron chi connectivity index (χ1n) is 9.55. The Morgan fingerprint density at radius 1 is 0.938 bits per heavy atom. The van der Waals surface area contributed by atoms with Gasteiger partial charge in [-0.25, -0.2) is 4.39 Å². The fourth-order valence-corrected chi connectivity index (χ4v) is 4.92. The minimum Gasteiger partial charge on any atom is -0.488 e. The zero-order chi connectivity index (χ0) is 22.7. The van der Waals surface area contributed by atoms with Gasteiger partial charge < -0.3 is 4.74 Å². The van der Waals surface area contributed by atoms with Crippen molar-refractivity contribution in [3.8, 4) is 5.75 Å². The third-order valence-electron chi connectivity index (χ3n) is 4.69. The van der Waals surface area contributed by atoms with E-state index in [-0.39, 0.29) is 23.5 Å². The van der Waals surface area contributed by atoms with Gasteiger partial charge in [0.1, 0.15) is 18.2 Å². The van der Waals surface area contributed by atoms with Gasteiger partial charge in [0.15, 0.2) is 0 Å². The van der Waals surface area contributed by atoms with Crippen molar-refractivity contribution in [2.24, 2.45) is 0 Å². The monoisotopic (exact) mass is 671 g/mol. The Morgan fingerprint density at radius 3 is 2.31 bits per heavy atom. The van der Waals surface area contributed by atoms with Crippen LogP contribution in [0, 0.1) is 13.0 Å². The highest BCUT2D eigenvalue weighted by atomic mass is 127. The van der Waals surface area contributed by atoms with Crippen molar-refractivity contribution < 1.29 is 18.7 Å². The van der Waals surface area contributed by atoms with Crippen molar-refractivity contribution in [3.63, 3.8) is 0 Å². The molecular weight excluding hydrogens is 655 g/mol. The van der Waals surface area contributed by atoms with Crippen molar-refractivity contribution in [2.45, 2.75) is 13.2 Å². The van der Waals surface area contributed by atoms with Crippen LogP contribution in [0.4, 0.5) is 9.18 Å². The minimum atomic E-state index is -0.358. The summed E-state index contributed by atoms with van der Waals surface area (Å²) in [7, 11) is 0. The van der Waals surface area contributed by atoms with Crippen LogP contribution < -0.4 is 4.74 Å². The van der Waals surface area contributed by atoms with Gasteiger partial charge in [0.05, 0.1) is 15.0 Å². The lowest BCUT2D eigenvalue weighted by molar-refractivity contribution is -0.123. The zero-order valence-electron chi connectivity index (χ0n) is 16.6. The Balaban J connectivity index is 1.44. The summed E-state index contributed by atoms with van der Waals surface area (Å²) in [5.41, 5.74) is 2.59. The van der Waals surface area contributed by atoms with E-state index in [1.54, 1.807) is 18.2 Å². The first-order chi connectivity index (χ1) is 15.4. The number of halogens is 3. The van der Waals surface area contributed by atoms with Crippen molar-refractivity contribution in [3.05, 3.63) is 101 Å². The number of amides is 2. The fraction of sp³-hybridized carbons (Fsp3) is 0.0833. The molecule has 1 saturated heterocycles. The number of ether oxygens (including phenoxy) is 1. The maximum Gasteiger partial charge on any atom is 0.293 e. The van der Waals surface area contributed by atoms with Gasteiger partial charge >= 0.3 is 0 Å². The summed E-state index contributed by atoms with van der Waals surface area (Å²) in [6.07, 6.45) is 1.71. The summed E-state index contributed by atoms with van der Waals surface area (Å²) in [4.78, 5) is 26.6. The van der Waals surface area contributed by atoms with Gasteiger partial charge in [0.2, 0.25) is 0 Å². The maximum absolute atomic E-state index is 13.1. The molecule has 8 heteroatoms. The summed E-state index contributed by atoms with van der Waals surface area (Å²) >= 11 is 5.37. The summed E-state index contributed by atoms with van der Waals surface area (Å²) in [6, 6.07) is 19.5. The van der Waals surface area contributed by atoms with Crippen molar-refractivity contribution in [2.75, 3.05) is 0 Å². The zero-order valence-corrected chi connectivity index (χ0v) is 21.7. The molecule has 0 bridgehead atoms. The van der Waals surface area contributed by atoms with Gasteiger partial charge in [-0.3, -0.25) is 14.5 Å². The molecule has 1 fully saturated rings. The fourth-order valence-electron chi connectivity index (χ4n) is 3.03. The number of hydrogen-bond acceptors (Lipinski definition) is 4. The van der Waals surface area contributed by atoms with Crippen LogP contribution in [-0.2, 0) is 17.9 Å². The molecule has 3 aromatic rings. The molecule has 0 aromatic heterocycles. The van der Waals surface area contributed by atoms with E-state index >= 15 is 0 Å². The lowest BCUT2D eigenvalue weighted by Crippen LogP contribution is -2.27. The summed E-state index contributed by atoms with van der Waals surface area (Å²) in [5.74, 6) is 0.0486. The smallest absolute Gasteiger partial charge is 0.293 e. The Hall–Kier alpha value is -1.92. The molecule has 0 unspecified atom stereocenters. The van der Waals surface area contributed by atoms with Crippen LogP contribution in [-0.4, -0.2) is 16.0 Å². The molecule has 4 nitrogen and oxygen atoms in total. The van der Waals surface area contributed by atoms with Gasteiger partial charge in [-0.2, -0.15) is 0 Å². The van der Waals surface area contributed by atoms with Crippen LogP contribution in [0.15, 0.2) is 71.6 Å². The molecule has 0 spiro atoms. The molecule has 0 radical (unpaired) electrons. The van der Waals surface area contributed by atoms with Crippen LogP contribution in [0.5, 0.6) is 5.75 Å². The van der Waals surface area contributed by atoms with Gasteiger partial charge in [-0.1, -0.05) is 30.3 Å². The van der Waals surface area contributed by atoms with E-state index in [2.05, 4.69) is 45.2 Å². The predicted molar refractivity (Wildman–Crippen MR) is 141 cm³/mol. The largest absolute Gasteiger partial charge is 0.488 e. The Kier molecular flexibility index (Phi) is 7.51. The highest BCUT2D eigenvalue weighted by Gasteiger charge is 2.35. The number of hydrogen-bond donors (Lipinski definition) is 0. The number of imide groups is 1. The molecule has 4 rings (SSSR count). The first-order valence-corrected chi connectivity index (χ1v) is 12.5. The summed E-state index contributed by atoms with van der Waals surface area (Å²) in [6.45, 7) is 0.583. The Labute approximate surface area is 216 Å². The molecule has 1 aliphatic rings. The standard InChI is InChI=1S/C24H16FI2NO3S/c25-18-6-1-15(2-7-18)13-28-23(29)22(32-24(28)30)12-17-5-10-21(20(27)11-17)31-14-16-3-8-19(26)9-4-16/h1-12H,13-14H2/b22-12-. The van der Waals surface area contributed by atoms with E-state index in [0.29, 0.717) is 17.1 Å². The molecule has 0 saturated carbocycles. The third-order valence-corrected chi connectivity index (χ3v) is 7.16. The Bertz CT molecular complexity index is 1200. The average molecular weight is 671 g/mol. The van der Waals surface area contributed by atoms with Crippen molar-refractivity contribution in [1.82, 2.24) is 4.90 Å². The molecule has 162 valence electrons. The SMILES string of the molecule is O=C1S/C(=C\c2ccc(OCc3ccc(I)cc3)c(I)c2)C(=O)N1Cc1ccc(F)cc1. The highest BCUT2D eigenvalue weighted by Crippen LogP contribution is 2.34. The Morgan fingerprint density at radius 2 is 1.62 bits per heavy atom. The minimum absolute atomic E-state index is 0.116. The van der Waals surface area contributed by atoms with Crippen LogP contribution in [0.3, 0.4) is 0 Å². The molecule has 1 heterocycles. The first kappa shape index (κ1) is 23.2. The van der Waals surface area contributed by atoms with E-state index in [9.17, 15) is 14.0 Å². The second-order valence-corrected chi connectivity index (χ2v) is 10.4. The normalized spacial score (nSPS) is 15.0. The predicted octanol–water partition coefficient (Wildman–Crippen LogP) is 6.85. The maximum atomic E-state index is 13.1. The van der Waals surface area contributed by atoms with Gasteiger partial charge in [-0.05, 0) is 116 Å². The molecule has 1 aliphatic heterocycles. The lowest BCUT2D eigenvalue weighted by Gasteiger charge is -2.12.